The van der Waals surface area contributed by atoms with Gasteiger partial charge in [-0.2, -0.15) is 0 Å². The fraction of sp³-hybridized carbons (Fsp3) is 0.600. The molecule has 1 unspecified atom stereocenters. The summed E-state index contributed by atoms with van der Waals surface area (Å²) >= 11 is 7.30. The third kappa shape index (κ3) is 3.67. The monoisotopic (exact) mass is 218 g/mol. The lowest BCUT2D eigenvalue weighted by atomic mass is 10.1. The van der Waals surface area contributed by atoms with Crippen LogP contribution in [0.2, 0.25) is 5.02 Å². The van der Waals surface area contributed by atoms with E-state index >= 15 is 0 Å². The van der Waals surface area contributed by atoms with E-state index in [1.54, 1.807) is 0 Å². The van der Waals surface area contributed by atoms with Crippen molar-refractivity contribution in [2.45, 2.75) is 38.7 Å². The molecule has 1 nitrogen and oxygen atoms in total. The van der Waals surface area contributed by atoms with Gasteiger partial charge in [-0.05, 0) is 12.5 Å². The Hall–Kier alpha value is -0.0500. The van der Waals surface area contributed by atoms with Crippen molar-refractivity contribution in [2.24, 2.45) is 0 Å². The van der Waals surface area contributed by atoms with E-state index in [4.69, 9.17) is 11.6 Å². The zero-order valence-corrected chi connectivity index (χ0v) is 9.37. The fourth-order valence-electron chi connectivity index (χ4n) is 1.23. The summed E-state index contributed by atoms with van der Waals surface area (Å²) in [5.41, 5.74) is 0. The number of hydrogen-bond donors (Lipinski definition) is 1. The Morgan fingerprint density at radius 3 is 2.85 bits per heavy atom. The van der Waals surface area contributed by atoms with E-state index in [0.717, 1.165) is 22.7 Å². The maximum atomic E-state index is 9.71. The first-order valence-corrected chi connectivity index (χ1v) is 5.91. The Kier molecular flexibility index (Phi) is 4.78. The molecule has 0 fully saturated rings. The van der Waals surface area contributed by atoms with Crippen LogP contribution in [-0.4, -0.2) is 5.11 Å². The molecule has 0 saturated carbocycles. The van der Waals surface area contributed by atoms with Crippen molar-refractivity contribution in [3.63, 3.8) is 0 Å². The second-order valence-electron chi connectivity index (χ2n) is 3.18. The third-order valence-electron chi connectivity index (χ3n) is 2.00. The summed E-state index contributed by atoms with van der Waals surface area (Å²) in [5.74, 6) is 0. The van der Waals surface area contributed by atoms with E-state index in [1.165, 1.54) is 24.2 Å². The van der Waals surface area contributed by atoms with Gasteiger partial charge in [0.25, 0.3) is 0 Å². The van der Waals surface area contributed by atoms with E-state index in [9.17, 15) is 5.11 Å². The van der Waals surface area contributed by atoms with E-state index < -0.39 is 0 Å². The summed E-state index contributed by atoms with van der Waals surface area (Å²) in [6.45, 7) is 2.16. The van der Waals surface area contributed by atoms with Crippen molar-refractivity contribution < 1.29 is 5.11 Å². The Labute approximate surface area is 88.4 Å². The molecule has 0 radical (unpaired) electrons. The van der Waals surface area contributed by atoms with Crippen LogP contribution in [0, 0.1) is 0 Å². The summed E-state index contributed by atoms with van der Waals surface area (Å²) in [5, 5.41) is 12.3. The molecular formula is C10H15ClOS. The van der Waals surface area contributed by atoms with Gasteiger partial charge in [0.05, 0.1) is 11.1 Å². The second kappa shape index (κ2) is 5.63. The van der Waals surface area contributed by atoms with Crippen LogP contribution in [0.25, 0.3) is 0 Å². The smallest absolute Gasteiger partial charge is 0.0882 e. The van der Waals surface area contributed by atoms with E-state index in [-0.39, 0.29) is 6.10 Å². The summed E-state index contributed by atoms with van der Waals surface area (Å²) in [7, 11) is 0. The first-order chi connectivity index (χ1) is 6.24. The van der Waals surface area contributed by atoms with Gasteiger partial charge in [-0.3, -0.25) is 0 Å². The molecule has 0 saturated heterocycles. The molecule has 1 heterocycles. The highest BCUT2D eigenvalue weighted by atomic mass is 35.5. The molecular weight excluding hydrogens is 204 g/mol. The van der Waals surface area contributed by atoms with Crippen LogP contribution in [0.15, 0.2) is 11.4 Å². The SMILES string of the molecule is CCCCCC(O)c1cc(Cl)cs1. The predicted octanol–water partition coefficient (Wildman–Crippen LogP) is 4.02. The van der Waals surface area contributed by atoms with E-state index in [0.29, 0.717) is 0 Å². The van der Waals surface area contributed by atoms with Crippen LogP contribution in [-0.2, 0) is 0 Å². The van der Waals surface area contributed by atoms with Gasteiger partial charge < -0.3 is 5.11 Å². The van der Waals surface area contributed by atoms with Crippen molar-refractivity contribution >= 4 is 22.9 Å². The standard InChI is InChI=1S/C10H15ClOS/c1-2-3-4-5-9(12)10-6-8(11)7-13-10/h6-7,9,12H,2-5H2,1H3. The van der Waals surface area contributed by atoms with Gasteiger partial charge in [0.1, 0.15) is 0 Å². The van der Waals surface area contributed by atoms with Crippen LogP contribution in [0.1, 0.15) is 43.6 Å². The zero-order valence-electron chi connectivity index (χ0n) is 7.79. The lowest BCUT2D eigenvalue weighted by Gasteiger charge is -2.06. The second-order valence-corrected chi connectivity index (χ2v) is 4.56. The van der Waals surface area contributed by atoms with Crippen molar-refractivity contribution in [2.75, 3.05) is 0 Å². The van der Waals surface area contributed by atoms with Gasteiger partial charge in [0.2, 0.25) is 0 Å². The molecule has 13 heavy (non-hydrogen) atoms. The summed E-state index contributed by atoms with van der Waals surface area (Å²) < 4.78 is 0. The third-order valence-corrected chi connectivity index (χ3v) is 3.38. The number of aliphatic hydroxyl groups is 1. The molecule has 1 N–H and O–H groups in total. The molecule has 1 atom stereocenters. The summed E-state index contributed by atoms with van der Waals surface area (Å²) in [6.07, 6.45) is 4.01. The fourth-order valence-corrected chi connectivity index (χ4v) is 2.34. The van der Waals surface area contributed by atoms with Gasteiger partial charge in [0, 0.05) is 10.3 Å². The molecule has 74 valence electrons. The lowest BCUT2D eigenvalue weighted by molar-refractivity contribution is 0.167. The molecule has 3 heteroatoms. The minimum atomic E-state index is -0.316. The van der Waals surface area contributed by atoms with Crippen molar-refractivity contribution in [3.8, 4) is 0 Å². The van der Waals surface area contributed by atoms with E-state index in [1.807, 2.05) is 11.4 Å². The zero-order chi connectivity index (χ0) is 9.68. The Morgan fingerprint density at radius 1 is 1.54 bits per heavy atom. The molecule has 0 aromatic carbocycles. The van der Waals surface area contributed by atoms with Gasteiger partial charge in [-0.1, -0.05) is 37.8 Å². The highest BCUT2D eigenvalue weighted by molar-refractivity contribution is 7.10. The van der Waals surface area contributed by atoms with Gasteiger partial charge >= 0.3 is 0 Å². The predicted molar refractivity (Wildman–Crippen MR) is 58.4 cm³/mol. The maximum absolute atomic E-state index is 9.71. The van der Waals surface area contributed by atoms with Crippen molar-refractivity contribution in [3.05, 3.63) is 21.3 Å². The van der Waals surface area contributed by atoms with Crippen LogP contribution in [0.4, 0.5) is 0 Å². The van der Waals surface area contributed by atoms with Crippen molar-refractivity contribution in [1.29, 1.82) is 0 Å². The van der Waals surface area contributed by atoms with Crippen LogP contribution in [0.5, 0.6) is 0 Å². The molecule has 1 aromatic heterocycles. The number of hydrogen-bond acceptors (Lipinski definition) is 2. The molecule has 0 aliphatic heterocycles. The highest BCUT2D eigenvalue weighted by Crippen LogP contribution is 2.28. The van der Waals surface area contributed by atoms with Crippen LogP contribution < -0.4 is 0 Å². The van der Waals surface area contributed by atoms with Gasteiger partial charge in [-0.15, -0.1) is 11.3 Å². The number of rotatable bonds is 5. The normalized spacial score (nSPS) is 13.2. The molecule has 0 bridgehead atoms. The minimum absolute atomic E-state index is 0.316. The summed E-state index contributed by atoms with van der Waals surface area (Å²) in [4.78, 5) is 0.987. The topological polar surface area (TPSA) is 20.2 Å². The molecule has 0 amide bonds. The van der Waals surface area contributed by atoms with Crippen molar-refractivity contribution in [1.82, 2.24) is 0 Å². The Morgan fingerprint density at radius 2 is 2.31 bits per heavy atom. The largest absolute Gasteiger partial charge is 0.388 e. The van der Waals surface area contributed by atoms with Crippen LogP contribution >= 0.6 is 22.9 Å². The minimum Gasteiger partial charge on any atom is -0.388 e. The quantitative estimate of drug-likeness (QED) is 0.741. The highest BCUT2D eigenvalue weighted by Gasteiger charge is 2.08. The van der Waals surface area contributed by atoms with Crippen LogP contribution in [0.3, 0.4) is 0 Å². The molecule has 1 aromatic rings. The van der Waals surface area contributed by atoms with Gasteiger partial charge in [-0.25, -0.2) is 0 Å². The first kappa shape index (κ1) is 11.0. The summed E-state index contributed by atoms with van der Waals surface area (Å²) in [6, 6.07) is 1.85. The van der Waals surface area contributed by atoms with E-state index in [2.05, 4.69) is 6.92 Å². The number of thiophene rings is 1. The molecule has 1 rings (SSSR count). The number of aliphatic hydroxyl groups excluding tert-OH is 1. The number of halogens is 1. The average Bonchev–Trinajstić information content (AvgIpc) is 2.52. The average molecular weight is 219 g/mol. The molecule has 0 aliphatic carbocycles. The van der Waals surface area contributed by atoms with Gasteiger partial charge in [0.15, 0.2) is 0 Å². The maximum Gasteiger partial charge on any atom is 0.0882 e. The first-order valence-electron chi connectivity index (χ1n) is 4.66. The lowest BCUT2D eigenvalue weighted by Crippen LogP contribution is -1.93. The Bertz CT molecular complexity index is 247. The molecule has 0 spiro atoms. The number of unbranched alkanes of at least 4 members (excludes halogenated alkanes) is 2. The molecule has 0 aliphatic rings. The Balaban J connectivity index is 2.35.